The predicted octanol–water partition coefficient (Wildman–Crippen LogP) is 16.5. The zero-order valence-electron chi connectivity index (χ0n) is 40.6. The topological polar surface area (TPSA) is 89.8 Å². The largest absolute Gasteiger partial charge is 0.394 e. The highest BCUT2D eigenvalue weighted by atomic mass is 16.3. The molecular formula is C55H107NO4. The van der Waals surface area contributed by atoms with Crippen molar-refractivity contribution in [3.8, 4) is 0 Å². The zero-order valence-corrected chi connectivity index (χ0v) is 40.6. The van der Waals surface area contributed by atoms with Crippen LogP contribution in [0, 0.1) is 0 Å². The Hall–Kier alpha value is -1.17. The van der Waals surface area contributed by atoms with E-state index in [-0.39, 0.29) is 6.61 Å². The number of hydrogen-bond donors (Lipinski definition) is 4. The molecule has 0 aliphatic heterocycles. The van der Waals surface area contributed by atoms with Gasteiger partial charge in [0.1, 0.15) is 6.10 Å². The molecule has 356 valence electrons. The lowest BCUT2D eigenvalue weighted by molar-refractivity contribution is -0.131. The SMILES string of the molecule is CCCCCCCCCCCCCC/C=C\CCCCCCCCCCCCCC(O)C(=O)NC(CO)C(O)/C=C/CCCCCCCCCCCCCCCCCCC. The fourth-order valence-corrected chi connectivity index (χ4v) is 8.54. The van der Waals surface area contributed by atoms with Crippen LogP contribution in [-0.2, 0) is 4.79 Å². The average Bonchev–Trinajstić information content (AvgIpc) is 3.25. The molecule has 1 amide bonds. The molecule has 0 rings (SSSR count). The summed E-state index contributed by atoms with van der Waals surface area (Å²) in [5, 5.41) is 33.3. The summed E-state index contributed by atoms with van der Waals surface area (Å²) in [6, 6.07) is -0.797. The number of hydrogen-bond acceptors (Lipinski definition) is 4. The van der Waals surface area contributed by atoms with Gasteiger partial charge in [-0.3, -0.25) is 4.79 Å². The number of carbonyl (C=O) groups is 1. The number of aliphatic hydroxyl groups is 3. The van der Waals surface area contributed by atoms with Crippen molar-refractivity contribution in [3.05, 3.63) is 24.3 Å². The maximum atomic E-state index is 12.5. The summed E-state index contributed by atoms with van der Waals surface area (Å²) in [4.78, 5) is 12.5. The van der Waals surface area contributed by atoms with Gasteiger partial charge in [0.15, 0.2) is 0 Å². The van der Waals surface area contributed by atoms with Crippen LogP contribution in [0.1, 0.15) is 296 Å². The van der Waals surface area contributed by atoms with Crippen molar-refractivity contribution >= 4 is 5.91 Å². The Labute approximate surface area is 375 Å². The van der Waals surface area contributed by atoms with Crippen LogP contribution in [0.3, 0.4) is 0 Å². The standard InChI is InChI=1S/C55H107NO4/c1-3-5-7-9-11-13-15-17-19-21-23-24-25-26-27-28-29-30-32-34-36-38-40-42-44-46-48-50-54(59)55(60)56-52(51-57)53(58)49-47-45-43-41-39-37-35-33-31-22-20-18-16-14-12-10-8-6-4-2/h26-27,47,49,52-54,57-59H,3-25,28-46,48,50-51H2,1-2H3,(H,56,60)/b27-26-,49-47+. The van der Waals surface area contributed by atoms with E-state index in [0.717, 1.165) is 32.1 Å². The lowest BCUT2D eigenvalue weighted by Crippen LogP contribution is -2.48. The fraction of sp³-hybridized carbons (Fsp3) is 0.909. The molecule has 4 N–H and O–H groups in total. The maximum Gasteiger partial charge on any atom is 0.249 e. The number of allylic oxidation sites excluding steroid dienone is 3. The summed E-state index contributed by atoms with van der Waals surface area (Å²) in [5.41, 5.74) is 0. The van der Waals surface area contributed by atoms with E-state index in [1.807, 2.05) is 6.08 Å². The normalized spacial score (nSPS) is 13.5. The molecule has 0 aromatic carbocycles. The first-order valence-electron chi connectivity index (χ1n) is 27.2. The van der Waals surface area contributed by atoms with E-state index >= 15 is 0 Å². The third kappa shape index (κ3) is 44.9. The minimum absolute atomic E-state index is 0.361. The molecule has 0 bridgehead atoms. The van der Waals surface area contributed by atoms with Crippen LogP contribution in [0.4, 0.5) is 0 Å². The molecule has 0 saturated heterocycles. The van der Waals surface area contributed by atoms with Crippen LogP contribution < -0.4 is 5.32 Å². The third-order valence-corrected chi connectivity index (χ3v) is 12.8. The van der Waals surface area contributed by atoms with Crippen molar-refractivity contribution < 1.29 is 20.1 Å². The summed E-state index contributed by atoms with van der Waals surface area (Å²) in [6.45, 7) is 4.21. The van der Waals surface area contributed by atoms with Crippen molar-refractivity contribution in [2.45, 2.75) is 315 Å². The van der Waals surface area contributed by atoms with Crippen molar-refractivity contribution in [2.75, 3.05) is 6.61 Å². The van der Waals surface area contributed by atoms with E-state index in [0.29, 0.717) is 6.42 Å². The number of unbranched alkanes of at least 4 members (excludes halogenated alkanes) is 40. The Balaban J connectivity index is 3.57. The molecule has 3 unspecified atom stereocenters. The van der Waals surface area contributed by atoms with Crippen LogP contribution >= 0.6 is 0 Å². The molecule has 3 atom stereocenters. The number of aliphatic hydroxyl groups excluding tert-OH is 3. The second kappa shape index (κ2) is 50.5. The van der Waals surface area contributed by atoms with Gasteiger partial charge in [0.25, 0.3) is 0 Å². The average molecular weight is 846 g/mol. The molecule has 0 aliphatic carbocycles. The molecule has 0 heterocycles. The Morgan fingerprint density at radius 1 is 0.400 bits per heavy atom. The lowest BCUT2D eigenvalue weighted by atomic mass is 10.0. The van der Waals surface area contributed by atoms with Gasteiger partial charge in [0.2, 0.25) is 5.91 Å². The minimum Gasteiger partial charge on any atom is -0.394 e. The first-order valence-corrected chi connectivity index (χ1v) is 27.2. The van der Waals surface area contributed by atoms with E-state index in [9.17, 15) is 20.1 Å². The van der Waals surface area contributed by atoms with E-state index < -0.39 is 24.2 Å². The predicted molar refractivity (Wildman–Crippen MR) is 264 cm³/mol. The highest BCUT2D eigenvalue weighted by molar-refractivity contribution is 5.80. The second-order valence-electron chi connectivity index (χ2n) is 18.8. The number of amides is 1. The van der Waals surface area contributed by atoms with Crippen LogP contribution in [0.5, 0.6) is 0 Å². The smallest absolute Gasteiger partial charge is 0.249 e. The fourth-order valence-electron chi connectivity index (χ4n) is 8.54. The van der Waals surface area contributed by atoms with Crippen molar-refractivity contribution in [1.82, 2.24) is 5.32 Å². The van der Waals surface area contributed by atoms with Gasteiger partial charge in [-0.15, -0.1) is 0 Å². The molecule has 5 heteroatoms. The van der Waals surface area contributed by atoms with Gasteiger partial charge >= 0.3 is 0 Å². The van der Waals surface area contributed by atoms with Crippen molar-refractivity contribution in [2.24, 2.45) is 0 Å². The molecule has 0 saturated carbocycles. The molecule has 5 nitrogen and oxygen atoms in total. The molecule has 60 heavy (non-hydrogen) atoms. The van der Waals surface area contributed by atoms with Crippen LogP contribution in [-0.4, -0.2) is 46.1 Å². The van der Waals surface area contributed by atoms with Gasteiger partial charge in [-0.1, -0.05) is 276 Å². The minimum atomic E-state index is -1.10. The summed E-state index contributed by atoms with van der Waals surface area (Å²) in [5.74, 6) is -0.500. The van der Waals surface area contributed by atoms with Crippen LogP contribution in [0.15, 0.2) is 24.3 Å². The molecule has 0 aliphatic rings. The van der Waals surface area contributed by atoms with Gasteiger partial charge in [-0.05, 0) is 44.9 Å². The van der Waals surface area contributed by atoms with E-state index in [1.54, 1.807) is 6.08 Å². The third-order valence-electron chi connectivity index (χ3n) is 12.8. The van der Waals surface area contributed by atoms with E-state index in [2.05, 4.69) is 31.3 Å². The quantitative estimate of drug-likeness (QED) is 0.0363. The number of rotatable bonds is 50. The van der Waals surface area contributed by atoms with Crippen LogP contribution in [0.25, 0.3) is 0 Å². The van der Waals surface area contributed by atoms with Crippen molar-refractivity contribution in [1.29, 1.82) is 0 Å². The number of carbonyl (C=O) groups excluding carboxylic acids is 1. The molecular weight excluding hydrogens is 739 g/mol. The summed E-state index contributed by atoms with van der Waals surface area (Å²) < 4.78 is 0. The highest BCUT2D eigenvalue weighted by Crippen LogP contribution is 2.17. The maximum absolute atomic E-state index is 12.5. The van der Waals surface area contributed by atoms with Crippen molar-refractivity contribution in [3.63, 3.8) is 0 Å². The molecule has 0 spiro atoms. The number of nitrogens with one attached hydrogen (secondary N) is 1. The Morgan fingerprint density at radius 2 is 0.667 bits per heavy atom. The van der Waals surface area contributed by atoms with Crippen LogP contribution in [0.2, 0.25) is 0 Å². The van der Waals surface area contributed by atoms with Gasteiger partial charge in [0.05, 0.1) is 18.8 Å². The first-order chi connectivity index (χ1) is 29.6. The monoisotopic (exact) mass is 846 g/mol. The highest BCUT2D eigenvalue weighted by Gasteiger charge is 2.22. The lowest BCUT2D eigenvalue weighted by Gasteiger charge is -2.21. The zero-order chi connectivity index (χ0) is 43.7. The van der Waals surface area contributed by atoms with E-state index in [4.69, 9.17) is 0 Å². The Morgan fingerprint density at radius 3 is 0.967 bits per heavy atom. The summed E-state index contributed by atoms with van der Waals surface area (Å²) in [7, 11) is 0. The summed E-state index contributed by atoms with van der Waals surface area (Å²) in [6.07, 6.45) is 63.9. The first kappa shape index (κ1) is 58.8. The van der Waals surface area contributed by atoms with Gasteiger partial charge < -0.3 is 20.6 Å². The molecule has 0 aromatic rings. The molecule has 0 fully saturated rings. The summed E-state index contributed by atoms with van der Waals surface area (Å²) >= 11 is 0. The van der Waals surface area contributed by atoms with Gasteiger partial charge in [-0.2, -0.15) is 0 Å². The molecule has 0 radical (unpaired) electrons. The van der Waals surface area contributed by atoms with E-state index in [1.165, 1.54) is 244 Å². The molecule has 0 aromatic heterocycles. The van der Waals surface area contributed by atoms with Gasteiger partial charge in [0, 0.05) is 0 Å². The van der Waals surface area contributed by atoms with Gasteiger partial charge in [-0.25, -0.2) is 0 Å². The Bertz CT molecular complexity index is 890. The second-order valence-corrected chi connectivity index (χ2v) is 18.8. The Kier molecular flexibility index (Phi) is 49.5.